The fourth-order valence-electron chi connectivity index (χ4n) is 5.49. The second kappa shape index (κ2) is 11.6. The van der Waals surface area contributed by atoms with Crippen LogP contribution >= 0.6 is 22.7 Å². The molecule has 206 valence electrons. The summed E-state index contributed by atoms with van der Waals surface area (Å²) >= 11 is 2.99. The van der Waals surface area contributed by atoms with E-state index in [1.807, 2.05) is 41.1 Å². The number of carbonyl (C=O) groups excluding carboxylic acids is 1. The largest absolute Gasteiger partial charge is 0.345 e. The normalized spacial score (nSPS) is 24.7. The highest BCUT2D eigenvalue weighted by Crippen LogP contribution is 2.40. The maximum atomic E-state index is 11.4. The molecule has 2 unspecified atom stereocenters. The van der Waals surface area contributed by atoms with E-state index in [4.69, 9.17) is 9.47 Å². The molecule has 7 nitrogen and oxygen atoms in total. The first kappa shape index (κ1) is 28.1. The summed E-state index contributed by atoms with van der Waals surface area (Å²) in [6.45, 7) is 4.25. The molecule has 1 saturated heterocycles. The van der Waals surface area contributed by atoms with Gasteiger partial charge >= 0.3 is 0 Å². The molecule has 0 bridgehead atoms. The Labute approximate surface area is 236 Å². The molecule has 1 fully saturated rings. The van der Waals surface area contributed by atoms with E-state index in [1.165, 1.54) is 33.8 Å². The summed E-state index contributed by atoms with van der Waals surface area (Å²) in [5.41, 5.74) is 3.65. The maximum absolute atomic E-state index is 11.4. The number of ether oxygens (including phenoxy) is 2. The Morgan fingerprint density at radius 1 is 1.13 bits per heavy atom. The monoisotopic (exact) mass is 585 g/mol. The number of benzene rings is 1. The third-order valence-corrected chi connectivity index (χ3v) is 10.1. The van der Waals surface area contributed by atoms with Crippen molar-refractivity contribution in [1.29, 1.82) is 0 Å². The molecule has 2 atom stereocenters. The van der Waals surface area contributed by atoms with Gasteiger partial charge in [0.05, 0.1) is 34.3 Å². The Hall–Kier alpha value is -2.44. The van der Waals surface area contributed by atoms with Crippen molar-refractivity contribution in [2.24, 2.45) is 0 Å². The number of nitrogens with one attached hydrogen (secondary N) is 1. The van der Waals surface area contributed by atoms with Crippen LogP contribution < -0.4 is 5.32 Å². The van der Waals surface area contributed by atoms with Crippen molar-refractivity contribution in [1.82, 2.24) is 5.32 Å². The maximum Gasteiger partial charge on any atom is 0.266 e. The lowest BCUT2D eigenvalue weighted by Crippen LogP contribution is -2.46. The molecule has 10 heteroatoms. The standard InChI is InChI=1S/C15H15NOS.C14H16O5S2/c1-15(13-7-9-18-14(13)10-17)12-5-3-2-4-11(12)6-8-16-15;15-21(16,17)10-14(4-2-1-3-5-14)11-8-12(20-9-11)13-18-6-7-19-13/h2-5,7,9-10,16H,6,8H2,1H3;1-4,8-9,13H,5-7,10H2,(H,15,16,17). The zero-order chi connectivity index (χ0) is 27.5. The lowest BCUT2D eigenvalue weighted by molar-refractivity contribution is -0.0413. The summed E-state index contributed by atoms with van der Waals surface area (Å²) in [6.07, 6.45) is 9.61. The molecule has 2 N–H and O–H groups in total. The molecule has 1 aromatic carbocycles. The molecule has 39 heavy (non-hydrogen) atoms. The summed E-state index contributed by atoms with van der Waals surface area (Å²) < 4.78 is 43.0. The van der Waals surface area contributed by atoms with Crippen LogP contribution in [0.4, 0.5) is 0 Å². The van der Waals surface area contributed by atoms with Crippen molar-refractivity contribution in [3.8, 4) is 0 Å². The van der Waals surface area contributed by atoms with Crippen LogP contribution in [-0.2, 0) is 37.0 Å². The topological polar surface area (TPSA) is 102 Å². The highest BCUT2D eigenvalue weighted by Gasteiger charge is 2.37. The number of carbonyl (C=O) groups is 1. The molecule has 0 saturated carbocycles. The van der Waals surface area contributed by atoms with Crippen molar-refractivity contribution in [3.05, 3.63) is 103 Å². The Morgan fingerprint density at radius 2 is 1.92 bits per heavy atom. The smallest absolute Gasteiger partial charge is 0.266 e. The molecule has 6 rings (SSSR count). The highest BCUT2D eigenvalue weighted by atomic mass is 32.2. The van der Waals surface area contributed by atoms with Crippen molar-refractivity contribution >= 4 is 39.1 Å². The molecule has 0 amide bonds. The van der Waals surface area contributed by atoms with Gasteiger partial charge in [-0.05, 0) is 64.9 Å². The van der Waals surface area contributed by atoms with Crippen LogP contribution in [0.15, 0.2) is 71.5 Å². The second-order valence-electron chi connectivity index (χ2n) is 9.96. The fourth-order valence-corrected chi connectivity index (χ4v) is 8.33. The Balaban J connectivity index is 0.000000160. The quantitative estimate of drug-likeness (QED) is 0.295. The van der Waals surface area contributed by atoms with Gasteiger partial charge in [-0.3, -0.25) is 9.35 Å². The van der Waals surface area contributed by atoms with Crippen molar-refractivity contribution in [2.45, 2.75) is 37.0 Å². The zero-order valence-corrected chi connectivity index (χ0v) is 24.0. The first-order chi connectivity index (χ1) is 18.7. The van der Waals surface area contributed by atoms with Crippen molar-refractivity contribution in [3.63, 3.8) is 0 Å². The number of hydrogen-bond donors (Lipinski definition) is 2. The summed E-state index contributed by atoms with van der Waals surface area (Å²) in [5, 5.41) is 7.48. The number of allylic oxidation sites excluding steroid dienone is 4. The third-order valence-electron chi connectivity index (χ3n) is 7.40. The van der Waals surface area contributed by atoms with Gasteiger partial charge in [-0.15, -0.1) is 22.7 Å². The van der Waals surface area contributed by atoms with Crippen LogP contribution in [0.5, 0.6) is 0 Å². The molecule has 2 aliphatic heterocycles. The van der Waals surface area contributed by atoms with Crippen molar-refractivity contribution in [2.75, 3.05) is 25.5 Å². The molecular weight excluding hydrogens is 555 g/mol. The average Bonchev–Trinajstić information content (AvgIpc) is 3.71. The van der Waals surface area contributed by atoms with Crippen LogP contribution in [0, 0.1) is 0 Å². The van der Waals surface area contributed by atoms with Gasteiger partial charge in [0, 0.05) is 12.0 Å². The van der Waals surface area contributed by atoms with Gasteiger partial charge in [-0.25, -0.2) is 0 Å². The van der Waals surface area contributed by atoms with Gasteiger partial charge in [0.15, 0.2) is 12.6 Å². The van der Waals surface area contributed by atoms with E-state index in [0.717, 1.165) is 40.1 Å². The van der Waals surface area contributed by atoms with Gasteiger partial charge in [0.1, 0.15) is 0 Å². The molecule has 1 aliphatic carbocycles. The predicted octanol–water partition coefficient (Wildman–Crippen LogP) is 5.41. The average molecular weight is 586 g/mol. The van der Waals surface area contributed by atoms with E-state index < -0.39 is 15.5 Å². The Bertz CT molecular complexity index is 1480. The lowest BCUT2D eigenvalue weighted by atomic mass is 9.78. The van der Waals surface area contributed by atoms with E-state index >= 15 is 0 Å². The summed E-state index contributed by atoms with van der Waals surface area (Å²) in [5.74, 6) is -0.330. The summed E-state index contributed by atoms with van der Waals surface area (Å²) in [7, 11) is -4.08. The van der Waals surface area contributed by atoms with Crippen molar-refractivity contribution < 1.29 is 27.2 Å². The molecule has 2 aromatic heterocycles. The van der Waals surface area contributed by atoms with Crippen LogP contribution in [-0.4, -0.2) is 44.8 Å². The zero-order valence-electron chi connectivity index (χ0n) is 21.5. The minimum absolute atomic E-state index is 0.245. The lowest BCUT2D eigenvalue weighted by Gasteiger charge is -2.37. The SMILES string of the molecule is CC1(c2ccsc2C=O)NCCc2ccccc21.O=S(=O)(O)CC1(c2csc(C3OCCO3)c2)C=CC=CC1. The molecular formula is C29H31NO6S3. The van der Waals surface area contributed by atoms with Crippen LogP contribution in [0.1, 0.15) is 56.4 Å². The minimum Gasteiger partial charge on any atom is -0.345 e. The van der Waals surface area contributed by atoms with Gasteiger partial charge in [0.25, 0.3) is 10.1 Å². The molecule has 0 radical (unpaired) electrons. The summed E-state index contributed by atoms with van der Waals surface area (Å²) in [4.78, 5) is 12.9. The third kappa shape index (κ3) is 6.02. The van der Waals surface area contributed by atoms with E-state index in [2.05, 4.69) is 42.6 Å². The van der Waals surface area contributed by atoms with Crippen LogP contribution in [0.3, 0.4) is 0 Å². The van der Waals surface area contributed by atoms with E-state index in [1.54, 1.807) is 0 Å². The molecule has 3 aromatic rings. The van der Waals surface area contributed by atoms with Crippen LogP contribution in [0.25, 0.3) is 0 Å². The van der Waals surface area contributed by atoms with Crippen LogP contribution in [0.2, 0.25) is 0 Å². The first-order valence-electron chi connectivity index (χ1n) is 12.7. The minimum atomic E-state index is -4.08. The molecule has 4 heterocycles. The number of fused-ring (bicyclic) bond motifs is 1. The predicted molar refractivity (Wildman–Crippen MR) is 154 cm³/mol. The first-order valence-corrected chi connectivity index (χ1v) is 16.1. The van der Waals surface area contributed by atoms with Gasteiger partial charge in [-0.1, -0.05) is 48.6 Å². The fraction of sp³-hybridized carbons (Fsp3) is 0.345. The Kier molecular flexibility index (Phi) is 8.34. The molecule has 0 spiro atoms. The second-order valence-corrected chi connectivity index (χ2v) is 13.3. The van der Waals surface area contributed by atoms with E-state index in [-0.39, 0.29) is 17.6 Å². The van der Waals surface area contributed by atoms with E-state index in [9.17, 15) is 17.8 Å². The summed E-state index contributed by atoms with van der Waals surface area (Å²) in [6, 6.07) is 12.5. The number of aldehydes is 1. The number of rotatable bonds is 6. The number of thiophene rings is 2. The van der Waals surface area contributed by atoms with Gasteiger partial charge in [-0.2, -0.15) is 8.42 Å². The van der Waals surface area contributed by atoms with Gasteiger partial charge < -0.3 is 14.8 Å². The highest BCUT2D eigenvalue weighted by molar-refractivity contribution is 7.85. The number of hydrogen-bond acceptors (Lipinski definition) is 8. The van der Waals surface area contributed by atoms with E-state index in [0.29, 0.717) is 19.6 Å². The molecule has 3 aliphatic rings. The Morgan fingerprint density at radius 3 is 2.64 bits per heavy atom. The van der Waals surface area contributed by atoms with Gasteiger partial charge in [0.2, 0.25) is 0 Å².